The Morgan fingerprint density at radius 3 is 2.38 bits per heavy atom. The van der Waals surface area contributed by atoms with Crippen molar-refractivity contribution in [1.29, 1.82) is 0 Å². The van der Waals surface area contributed by atoms with E-state index in [0.717, 1.165) is 32.1 Å². The predicted octanol–water partition coefficient (Wildman–Crippen LogP) is 1.76. The van der Waals surface area contributed by atoms with Crippen molar-refractivity contribution < 1.29 is 14.7 Å². The van der Waals surface area contributed by atoms with Gasteiger partial charge in [-0.1, -0.05) is 25.7 Å². The van der Waals surface area contributed by atoms with Crippen molar-refractivity contribution in [3.05, 3.63) is 0 Å². The molecular formula is C16H26N2O3. The van der Waals surface area contributed by atoms with Gasteiger partial charge in [-0.15, -0.1) is 0 Å². The largest absolute Gasteiger partial charge is 0.481 e. The van der Waals surface area contributed by atoms with E-state index < -0.39 is 5.97 Å². The van der Waals surface area contributed by atoms with Crippen molar-refractivity contribution >= 4 is 11.9 Å². The average molecular weight is 294 g/mol. The molecule has 0 aromatic rings. The number of amides is 1. The summed E-state index contributed by atoms with van der Waals surface area (Å²) >= 11 is 0. The van der Waals surface area contributed by atoms with Gasteiger partial charge in [0.25, 0.3) is 0 Å². The van der Waals surface area contributed by atoms with E-state index in [2.05, 4.69) is 10.2 Å². The Hall–Kier alpha value is -1.10. The molecule has 1 amide bonds. The minimum absolute atomic E-state index is 0.0763. The number of hydrogen-bond donors (Lipinski definition) is 2. The molecule has 21 heavy (non-hydrogen) atoms. The predicted molar refractivity (Wildman–Crippen MR) is 78.9 cm³/mol. The van der Waals surface area contributed by atoms with Crippen LogP contribution in [-0.4, -0.2) is 46.6 Å². The van der Waals surface area contributed by atoms with Crippen molar-refractivity contribution in [2.75, 3.05) is 6.54 Å². The second kappa shape index (κ2) is 6.34. The van der Waals surface area contributed by atoms with E-state index in [4.69, 9.17) is 0 Å². The Labute approximate surface area is 126 Å². The molecule has 0 aromatic heterocycles. The first-order chi connectivity index (χ1) is 10.1. The molecule has 3 fully saturated rings. The van der Waals surface area contributed by atoms with Gasteiger partial charge in [-0.2, -0.15) is 0 Å². The third-order valence-corrected chi connectivity index (χ3v) is 5.54. The highest BCUT2D eigenvalue weighted by molar-refractivity contribution is 5.79. The fourth-order valence-corrected chi connectivity index (χ4v) is 4.48. The molecular weight excluding hydrogens is 268 g/mol. The molecule has 2 saturated heterocycles. The number of hydrogen-bond acceptors (Lipinski definition) is 3. The van der Waals surface area contributed by atoms with Gasteiger partial charge in [-0.3, -0.25) is 14.5 Å². The summed E-state index contributed by atoms with van der Waals surface area (Å²) in [6.07, 6.45) is 9.86. The molecule has 5 nitrogen and oxygen atoms in total. The number of carboxylic acids is 1. The van der Waals surface area contributed by atoms with Gasteiger partial charge in [0.15, 0.2) is 0 Å². The van der Waals surface area contributed by atoms with E-state index in [-0.39, 0.29) is 17.9 Å². The molecule has 118 valence electrons. The van der Waals surface area contributed by atoms with Gasteiger partial charge in [0, 0.05) is 18.1 Å². The van der Waals surface area contributed by atoms with Gasteiger partial charge >= 0.3 is 5.97 Å². The Morgan fingerprint density at radius 1 is 1.05 bits per heavy atom. The van der Waals surface area contributed by atoms with Crippen LogP contribution in [0.15, 0.2) is 0 Å². The quantitative estimate of drug-likeness (QED) is 0.775. The molecule has 0 spiro atoms. The zero-order valence-corrected chi connectivity index (χ0v) is 12.6. The molecule has 3 rings (SSSR count). The van der Waals surface area contributed by atoms with Crippen LogP contribution in [0, 0.1) is 5.92 Å². The Kier molecular flexibility index (Phi) is 4.48. The van der Waals surface area contributed by atoms with Crippen molar-refractivity contribution in [2.45, 2.75) is 75.9 Å². The van der Waals surface area contributed by atoms with Gasteiger partial charge in [-0.25, -0.2) is 0 Å². The van der Waals surface area contributed by atoms with Crippen molar-refractivity contribution in [3.8, 4) is 0 Å². The van der Waals surface area contributed by atoms with Gasteiger partial charge in [-0.05, 0) is 32.1 Å². The fraction of sp³-hybridized carbons (Fsp3) is 0.875. The van der Waals surface area contributed by atoms with Crippen LogP contribution in [0.4, 0.5) is 0 Å². The molecule has 1 aliphatic carbocycles. The van der Waals surface area contributed by atoms with E-state index in [0.29, 0.717) is 18.6 Å². The lowest BCUT2D eigenvalue weighted by molar-refractivity contribution is -0.143. The van der Waals surface area contributed by atoms with Crippen LogP contribution < -0.4 is 5.32 Å². The number of carbonyl (C=O) groups is 2. The molecule has 3 unspecified atom stereocenters. The number of carboxylic acid groups (broad SMARTS) is 1. The molecule has 0 aromatic carbocycles. The summed E-state index contributed by atoms with van der Waals surface area (Å²) in [5, 5.41) is 12.4. The minimum atomic E-state index is -0.698. The summed E-state index contributed by atoms with van der Waals surface area (Å²) in [7, 11) is 0. The normalized spacial score (nSPS) is 33.8. The number of aliphatic carboxylic acids is 1. The lowest BCUT2D eigenvalue weighted by Gasteiger charge is -2.24. The Bertz CT molecular complexity index is 404. The molecule has 2 N–H and O–H groups in total. The number of rotatable bonds is 4. The first-order valence-electron chi connectivity index (χ1n) is 8.43. The monoisotopic (exact) mass is 294 g/mol. The van der Waals surface area contributed by atoms with Crippen LogP contribution >= 0.6 is 0 Å². The van der Waals surface area contributed by atoms with Gasteiger partial charge in [0.05, 0.1) is 12.5 Å². The van der Waals surface area contributed by atoms with E-state index in [1.165, 1.54) is 25.7 Å². The average Bonchev–Trinajstić information content (AvgIpc) is 2.87. The summed E-state index contributed by atoms with van der Waals surface area (Å²) in [5.74, 6) is -0.879. The second-order valence-electron chi connectivity index (χ2n) is 6.91. The van der Waals surface area contributed by atoms with Gasteiger partial charge in [0.2, 0.25) is 5.91 Å². The smallest absolute Gasteiger partial charge is 0.308 e. The summed E-state index contributed by atoms with van der Waals surface area (Å²) < 4.78 is 0. The maximum Gasteiger partial charge on any atom is 0.308 e. The highest BCUT2D eigenvalue weighted by atomic mass is 16.4. The third-order valence-electron chi connectivity index (χ3n) is 5.54. The molecule has 5 heteroatoms. The molecule has 0 radical (unpaired) electrons. The van der Waals surface area contributed by atoms with E-state index >= 15 is 0 Å². The third kappa shape index (κ3) is 3.23. The number of nitrogens with one attached hydrogen (secondary N) is 1. The number of nitrogens with zero attached hydrogens (tertiary/aromatic N) is 1. The maximum absolute atomic E-state index is 12.3. The molecule has 2 bridgehead atoms. The summed E-state index contributed by atoms with van der Waals surface area (Å²) in [6.45, 7) is 0.385. The second-order valence-corrected chi connectivity index (χ2v) is 6.91. The summed E-state index contributed by atoms with van der Waals surface area (Å²) in [6, 6.07) is 0.707. The molecule has 2 aliphatic heterocycles. The maximum atomic E-state index is 12.3. The number of carbonyl (C=O) groups excluding carboxylic acids is 1. The van der Waals surface area contributed by atoms with Crippen LogP contribution in [0.1, 0.15) is 57.8 Å². The Balaban J connectivity index is 1.52. The summed E-state index contributed by atoms with van der Waals surface area (Å²) in [5.41, 5.74) is 0. The van der Waals surface area contributed by atoms with E-state index in [1.54, 1.807) is 0 Å². The van der Waals surface area contributed by atoms with Crippen LogP contribution in [0.5, 0.6) is 0 Å². The first kappa shape index (κ1) is 14.8. The van der Waals surface area contributed by atoms with Gasteiger partial charge < -0.3 is 10.4 Å². The highest BCUT2D eigenvalue weighted by Crippen LogP contribution is 2.41. The van der Waals surface area contributed by atoms with Crippen molar-refractivity contribution in [2.24, 2.45) is 5.92 Å². The lowest BCUT2D eigenvalue weighted by atomic mass is 9.89. The number of fused-ring (bicyclic) bond motifs is 2. The molecule has 3 atom stereocenters. The Morgan fingerprint density at radius 2 is 1.76 bits per heavy atom. The molecule has 3 aliphatic rings. The zero-order valence-electron chi connectivity index (χ0n) is 12.6. The van der Waals surface area contributed by atoms with Gasteiger partial charge in [0.1, 0.15) is 0 Å². The molecule has 1 saturated carbocycles. The lowest BCUT2D eigenvalue weighted by Crippen LogP contribution is -2.44. The van der Waals surface area contributed by atoms with Crippen molar-refractivity contribution in [1.82, 2.24) is 10.2 Å². The van der Waals surface area contributed by atoms with Crippen LogP contribution in [0.3, 0.4) is 0 Å². The van der Waals surface area contributed by atoms with Crippen molar-refractivity contribution in [3.63, 3.8) is 0 Å². The first-order valence-corrected chi connectivity index (χ1v) is 8.43. The highest BCUT2D eigenvalue weighted by Gasteiger charge is 2.49. The van der Waals surface area contributed by atoms with Crippen LogP contribution in [0.25, 0.3) is 0 Å². The van der Waals surface area contributed by atoms with E-state index in [9.17, 15) is 14.7 Å². The summed E-state index contributed by atoms with van der Waals surface area (Å²) in [4.78, 5) is 25.7. The zero-order chi connectivity index (χ0) is 14.8. The van der Waals surface area contributed by atoms with Crippen LogP contribution in [0.2, 0.25) is 0 Å². The van der Waals surface area contributed by atoms with Crippen LogP contribution in [-0.2, 0) is 9.59 Å². The SMILES string of the molecule is O=C(CN1C2CCC1C(C(=O)O)C2)NC1CCCCCC1. The minimum Gasteiger partial charge on any atom is -0.481 e. The topological polar surface area (TPSA) is 69.6 Å². The fourth-order valence-electron chi connectivity index (χ4n) is 4.48. The molecule has 2 heterocycles. The standard InChI is InChI=1S/C16H26N2O3/c19-15(17-11-5-3-1-2-4-6-11)10-18-12-7-8-14(18)13(9-12)16(20)21/h11-14H,1-10H2,(H,17,19)(H,20,21). The van der Waals surface area contributed by atoms with E-state index in [1.807, 2.05) is 0 Å².